The second-order valence-electron chi connectivity index (χ2n) is 7.89. The van der Waals surface area contributed by atoms with E-state index >= 15 is 0 Å². The average Bonchev–Trinajstić information content (AvgIpc) is 2.61. The molecule has 2 aromatic carbocycles. The summed E-state index contributed by atoms with van der Waals surface area (Å²) in [7, 11) is 0. The molecule has 27 heavy (non-hydrogen) atoms. The van der Waals surface area contributed by atoms with Crippen LogP contribution in [0, 0.1) is 13.8 Å². The van der Waals surface area contributed by atoms with E-state index in [1.807, 2.05) is 50.2 Å². The van der Waals surface area contributed by atoms with Gasteiger partial charge < -0.3 is 14.8 Å². The summed E-state index contributed by atoms with van der Waals surface area (Å²) in [5, 5.41) is 2.87. The van der Waals surface area contributed by atoms with Crippen molar-refractivity contribution in [2.24, 2.45) is 0 Å². The van der Waals surface area contributed by atoms with Gasteiger partial charge in [0.15, 0.2) is 6.10 Å². The molecule has 4 nitrogen and oxygen atoms in total. The maximum Gasteiger partial charge on any atom is 0.260 e. The molecule has 2 aromatic rings. The Morgan fingerprint density at radius 3 is 2.44 bits per heavy atom. The fourth-order valence-electron chi connectivity index (χ4n) is 2.74. The highest BCUT2D eigenvalue weighted by molar-refractivity contribution is 5.80. The SMILES string of the molecule is Cc1ccc(O[C@H](C)C(=O)NCCOc2ccccc2C(C)(C)C)cc1C. The fourth-order valence-corrected chi connectivity index (χ4v) is 2.74. The standard InChI is InChI=1S/C23H31NO3/c1-16-11-12-19(15-17(16)2)27-18(3)22(25)24-13-14-26-21-10-8-7-9-20(21)23(4,5)6/h7-12,15,18H,13-14H2,1-6H3,(H,24,25)/t18-/m1/s1. The first-order chi connectivity index (χ1) is 12.7. The van der Waals surface area contributed by atoms with E-state index in [9.17, 15) is 4.79 Å². The van der Waals surface area contributed by atoms with Crippen LogP contribution in [0.25, 0.3) is 0 Å². The Morgan fingerprint density at radius 2 is 1.78 bits per heavy atom. The number of para-hydroxylation sites is 1. The maximum absolute atomic E-state index is 12.2. The molecular weight excluding hydrogens is 338 g/mol. The molecule has 0 aliphatic carbocycles. The zero-order valence-electron chi connectivity index (χ0n) is 17.3. The smallest absolute Gasteiger partial charge is 0.260 e. The molecule has 0 aliphatic rings. The van der Waals surface area contributed by atoms with Gasteiger partial charge in [-0.05, 0) is 61.1 Å². The Hall–Kier alpha value is -2.49. The molecule has 0 aromatic heterocycles. The summed E-state index contributed by atoms with van der Waals surface area (Å²) in [5.74, 6) is 1.41. The van der Waals surface area contributed by atoms with E-state index in [1.54, 1.807) is 6.92 Å². The second-order valence-corrected chi connectivity index (χ2v) is 7.89. The summed E-state index contributed by atoms with van der Waals surface area (Å²) >= 11 is 0. The van der Waals surface area contributed by atoms with E-state index in [4.69, 9.17) is 9.47 Å². The number of carbonyl (C=O) groups excluding carboxylic acids is 1. The topological polar surface area (TPSA) is 47.6 Å². The van der Waals surface area contributed by atoms with E-state index in [0.29, 0.717) is 18.9 Å². The van der Waals surface area contributed by atoms with Crippen LogP contribution < -0.4 is 14.8 Å². The summed E-state index contributed by atoms with van der Waals surface area (Å²) < 4.78 is 11.6. The first kappa shape index (κ1) is 20.8. The molecule has 4 heteroatoms. The molecule has 0 saturated heterocycles. The van der Waals surface area contributed by atoms with Crippen molar-refractivity contribution in [3.63, 3.8) is 0 Å². The second kappa shape index (κ2) is 8.94. The molecule has 1 atom stereocenters. The van der Waals surface area contributed by atoms with E-state index in [2.05, 4.69) is 32.2 Å². The van der Waals surface area contributed by atoms with Crippen LogP contribution in [-0.2, 0) is 10.2 Å². The van der Waals surface area contributed by atoms with E-state index in [1.165, 1.54) is 5.56 Å². The van der Waals surface area contributed by atoms with Gasteiger partial charge in [-0.1, -0.05) is 45.0 Å². The molecule has 1 amide bonds. The molecule has 2 rings (SSSR count). The van der Waals surface area contributed by atoms with Gasteiger partial charge in [0.2, 0.25) is 0 Å². The third-order valence-electron chi connectivity index (χ3n) is 4.51. The predicted octanol–water partition coefficient (Wildman–Crippen LogP) is 4.56. The van der Waals surface area contributed by atoms with Crippen molar-refractivity contribution in [2.75, 3.05) is 13.2 Å². The van der Waals surface area contributed by atoms with Crippen LogP contribution in [0.5, 0.6) is 11.5 Å². The van der Waals surface area contributed by atoms with Crippen molar-refractivity contribution in [1.82, 2.24) is 5.32 Å². The Balaban J connectivity index is 1.81. The van der Waals surface area contributed by atoms with Gasteiger partial charge in [-0.25, -0.2) is 0 Å². The first-order valence-corrected chi connectivity index (χ1v) is 9.42. The molecule has 0 saturated carbocycles. The Bertz CT molecular complexity index is 777. The highest BCUT2D eigenvalue weighted by Gasteiger charge is 2.18. The molecular formula is C23H31NO3. The predicted molar refractivity (Wildman–Crippen MR) is 110 cm³/mol. The number of amides is 1. The lowest BCUT2D eigenvalue weighted by Crippen LogP contribution is -2.38. The van der Waals surface area contributed by atoms with Gasteiger partial charge in [0.05, 0.1) is 6.54 Å². The zero-order valence-corrected chi connectivity index (χ0v) is 17.3. The molecule has 0 unspecified atom stereocenters. The number of hydrogen-bond acceptors (Lipinski definition) is 3. The molecule has 0 radical (unpaired) electrons. The van der Waals surface area contributed by atoms with Crippen LogP contribution in [0.4, 0.5) is 0 Å². The summed E-state index contributed by atoms with van der Waals surface area (Å²) in [5.41, 5.74) is 3.51. The highest BCUT2D eigenvalue weighted by atomic mass is 16.5. The Labute approximate surface area is 162 Å². The minimum Gasteiger partial charge on any atom is -0.491 e. The lowest BCUT2D eigenvalue weighted by atomic mass is 9.86. The van der Waals surface area contributed by atoms with Crippen molar-refractivity contribution in [3.05, 3.63) is 59.2 Å². The number of nitrogens with one attached hydrogen (secondary N) is 1. The van der Waals surface area contributed by atoms with Crippen molar-refractivity contribution >= 4 is 5.91 Å². The number of rotatable bonds is 7. The summed E-state index contributed by atoms with van der Waals surface area (Å²) in [6.07, 6.45) is -0.561. The number of carbonyl (C=O) groups is 1. The van der Waals surface area contributed by atoms with E-state index < -0.39 is 6.10 Å². The summed E-state index contributed by atoms with van der Waals surface area (Å²) in [6, 6.07) is 13.9. The lowest BCUT2D eigenvalue weighted by Gasteiger charge is -2.22. The Kier molecular flexibility index (Phi) is 6.89. The van der Waals surface area contributed by atoms with Crippen LogP contribution in [0.2, 0.25) is 0 Å². The van der Waals surface area contributed by atoms with Gasteiger partial charge in [0.1, 0.15) is 18.1 Å². The van der Waals surface area contributed by atoms with Gasteiger partial charge in [-0.3, -0.25) is 4.79 Å². The summed E-state index contributed by atoms with van der Waals surface area (Å²) in [6.45, 7) is 13.1. The molecule has 1 N–H and O–H groups in total. The van der Waals surface area contributed by atoms with Gasteiger partial charge in [0.25, 0.3) is 5.91 Å². The highest BCUT2D eigenvalue weighted by Crippen LogP contribution is 2.30. The van der Waals surface area contributed by atoms with Gasteiger partial charge in [0, 0.05) is 0 Å². The minimum absolute atomic E-state index is 0.00830. The number of aryl methyl sites for hydroxylation is 2. The molecule has 146 valence electrons. The van der Waals surface area contributed by atoms with Crippen LogP contribution in [0.3, 0.4) is 0 Å². The molecule has 0 bridgehead atoms. The fraction of sp³-hybridized carbons (Fsp3) is 0.435. The van der Waals surface area contributed by atoms with Crippen molar-refractivity contribution in [1.29, 1.82) is 0 Å². The molecule has 0 aliphatic heterocycles. The van der Waals surface area contributed by atoms with E-state index in [0.717, 1.165) is 16.9 Å². The zero-order chi connectivity index (χ0) is 20.0. The molecule has 0 fully saturated rings. The number of ether oxygens (including phenoxy) is 2. The van der Waals surface area contributed by atoms with Crippen molar-refractivity contribution < 1.29 is 14.3 Å². The van der Waals surface area contributed by atoms with E-state index in [-0.39, 0.29) is 11.3 Å². The van der Waals surface area contributed by atoms with Gasteiger partial charge in [-0.15, -0.1) is 0 Å². The largest absolute Gasteiger partial charge is 0.491 e. The van der Waals surface area contributed by atoms with Crippen LogP contribution in [-0.4, -0.2) is 25.2 Å². The first-order valence-electron chi connectivity index (χ1n) is 9.42. The maximum atomic E-state index is 12.2. The Morgan fingerprint density at radius 1 is 1.07 bits per heavy atom. The van der Waals surface area contributed by atoms with Gasteiger partial charge >= 0.3 is 0 Å². The minimum atomic E-state index is -0.561. The third kappa shape index (κ3) is 6.02. The monoisotopic (exact) mass is 369 g/mol. The normalized spacial score (nSPS) is 12.4. The van der Waals surface area contributed by atoms with Crippen LogP contribution in [0.1, 0.15) is 44.4 Å². The van der Waals surface area contributed by atoms with Crippen molar-refractivity contribution in [2.45, 2.75) is 53.1 Å². The molecule has 0 spiro atoms. The van der Waals surface area contributed by atoms with Gasteiger partial charge in [-0.2, -0.15) is 0 Å². The number of benzene rings is 2. The average molecular weight is 370 g/mol. The lowest BCUT2D eigenvalue weighted by molar-refractivity contribution is -0.127. The van der Waals surface area contributed by atoms with Crippen LogP contribution >= 0.6 is 0 Å². The quantitative estimate of drug-likeness (QED) is 0.728. The van der Waals surface area contributed by atoms with Crippen LogP contribution in [0.15, 0.2) is 42.5 Å². The summed E-state index contributed by atoms with van der Waals surface area (Å²) in [4.78, 5) is 12.2. The third-order valence-corrected chi connectivity index (χ3v) is 4.51. The number of hydrogen-bond donors (Lipinski definition) is 1. The van der Waals surface area contributed by atoms with Crippen molar-refractivity contribution in [3.8, 4) is 11.5 Å². The molecule has 0 heterocycles.